The van der Waals surface area contributed by atoms with E-state index < -0.39 is 13.2 Å². The number of nitrogens with zero attached hydrogens (tertiary/aromatic N) is 1. The molecule has 0 amide bonds. The molecule has 28 heavy (non-hydrogen) atoms. The zero-order chi connectivity index (χ0) is 20.1. The topological polar surface area (TPSA) is 59.0 Å². The van der Waals surface area contributed by atoms with Crippen LogP contribution in [0, 0.1) is 0 Å². The fourth-order valence-corrected chi connectivity index (χ4v) is 5.88. The summed E-state index contributed by atoms with van der Waals surface area (Å²) >= 11 is 0. The van der Waals surface area contributed by atoms with Crippen molar-refractivity contribution in [2.24, 2.45) is 0 Å². The third kappa shape index (κ3) is 4.60. The summed E-state index contributed by atoms with van der Waals surface area (Å²) in [5, 5.41) is 11.7. The molecule has 2 aromatic rings. The third-order valence-electron chi connectivity index (χ3n) is 5.32. The Bertz CT molecular complexity index is 798. The number of benzene rings is 2. The molecule has 5 nitrogen and oxygen atoms in total. The largest absolute Gasteiger partial charge is 0.497 e. The minimum absolute atomic E-state index is 0.0824. The first-order chi connectivity index (χ1) is 13.4. The van der Waals surface area contributed by atoms with Gasteiger partial charge in [-0.2, -0.15) is 0 Å². The minimum Gasteiger partial charge on any atom is -0.497 e. The minimum atomic E-state index is -3.53. The van der Waals surface area contributed by atoms with E-state index in [0.29, 0.717) is 16.6 Å². The molecule has 152 valence electrons. The summed E-state index contributed by atoms with van der Waals surface area (Å²) in [6.45, 7) is 0. The van der Waals surface area contributed by atoms with Gasteiger partial charge in [0.2, 0.25) is 0 Å². The summed E-state index contributed by atoms with van der Waals surface area (Å²) < 4.78 is 25.5. The van der Waals surface area contributed by atoms with Crippen LogP contribution in [0.4, 0.5) is 5.69 Å². The van der Waals surface area contributed by atoms with Gasteiger partial charge in [-0.05, 0) is 54.8 Å². The highest BCUT2D eigenvalue weighted by Gasteiger charge is 2.39. The molecule has 1 N–H and O–H groups in total. The summed E-state index contributed by atoms with van der Waals surface area (Å²) in [6.07, 6.45) is 5.01. The van der Waals surface area contributed by atoms with E-state index in [2.05, 4.69) is 0 Å². The molecule has 0 aromatic heterocycles. The van der Waals surface area contributed by atoms with Crippen LogP contribution < -0.4 is 14.9 Å². The van der Waals surface area contributed by atoms with E-state index in [4.69, 9.17) is 9.26 Å². The van der Waals surface area contributed by atoms with Crippen molar-refractivity contribution in [3.05, 3.63) is 54.1 Å². The molecular formula is C22H30NO4P. The Morgan fingerprint density at radius 3 is 2.14 bits per heavy atom. The van der Waals surface area contributed by atoms with Crippen molar-refractivity contribution in [1.82, 2.24) is 0 Å². The summed E-state index contributed by atoms with van der Waals surface area (Å²) in [4.78, 5) is 1.98. The second kappa shape index (κ2) is 9.13. The maximum absolute atomic E-state index is 14.1. The lowest BCUT2D eigenvalue weighted by Gasteiger charge is -2.31. The average Bonchev–Trinajstić information content (AvgIpc) is 2.74. The van der Waals surface area contributed by atoms with Gasteiger partial charge in [0.15, 0.2) is 5.85 Å². The summed E-state index contributed by atoms with van der Waals surface area (Å²) in [5.74, 6) is -0.528. The van der Waals surface area contributed by atoms with Crippen LogP contribution in [0.25, 0.3) is 0 Å². The molecule has 1 saturated carbocycles. The number of rotatable bonds is 7. The lowest BCUT2D eigenvalue weighted by molar-refractivity contribution is 0.137. The van der Waals surface area contributed by atoms with E-state index in [1.54, 1.807) is 31.4 Å². The number of aliphatic hydroxyl groups is 1. The lowest BCUT2D eigenvalue weighted by atomic mass is 9.98. The predicted octanol–water partition coefficient (Wildman–Crippen LogP) is 4.71. The Morgan fingerprint density at radius 2 is 1.61 bits per heavy atom. The summed E-state index contributed by atoms with van der Waals surface area (Å²) in [7, 11) is 1.98. The second-order valence-corrected chi connectivity index (χ2v) is 9.93. The van der Waals surface area contributed by atoms with Crippen molar-refractivity contribution in [3.8, 4) is 5.75 Å². The normalized spacial score (nSPS) is 18.3. The monoisotopic (exact) mass is 403 g/mol. The predicted molar refractivity (Wildman–Crippen MR) is 114 cm³/mol. The zero-order valence-electron chi connectivity index (χ0n) is 16.9. The second-order valence-electron chi connectivity index (χ2n) is 7.52. The van der Waals surface area contributed by atoms with Gasteiger partial charge in [-0.1, -0.05) is 31.4 Å². The van der Waals surface area contributed by atoms with Gasteiger partial charge in [0, 0.05) is 25.1 Å². The van der Waals surface area contributed by atoms with Crippen molar-refractivity contribution in [2.75, 3.05) is 26.1 Å². The third-order valence-corrected chi connectivity index (χ3v) is 7.89. The van der Waals surface area contributed by atoms with Gasteiger partial charge in [0.25, 0.3) is 7.37 Å². The van der Waals surface area contributed by atoms with Gasteiger partial charge in [-0.3, -0.25) is 4.57 Å². The van der Waals surface area contributed by atoms with Crippen molar-refractivity contribution in [3.63, 3.8) is 0 Å². The van der Waals surface area contributed by atoms with Crippen LogP contribution in [-0.4, -0.2) is 32.4 Å². The van der Waals surface area contributed by atoms with Gasteiger partial charge >= 0.3 is 0 Å². The molecule has 1 fully saturated rings. The first-order valence-electron chi connectivity index (χ1n) is 9.82. The van der Waals surface area contributed by atoms with E-state index >= 15 is 0 Å². The fourth-order valence-electron chi connectivity index (χ4n) is 3.58. The van der Waals surface area contributed by atoms with Gasteiger partial charge in [-0.25, -0.2) is 0 Å². The van der Waals surface area contributed by atoms with E-state index in [9.17, 15) is 9.67 Å². The SMILES string of the molecule is COc1ccc([C@@H](O)[P@@](=O)(OC2CCCCC2)c2ccc(N(C)C)cc2)cc1. The zero-order valence-corrected chi connectivity index (χ0v) is 17.8. The van der Waals surface area contributed by atoms with Crippen LogP contribution in [0.3, 0.4) is 0 Å². The van der Waals surface area contributed by atoms with E-state index in [1.165, 1.54) is 6.42 Å². The molecule has 2 atom stereocenters. The Labute approximate surface area is 167 Å². The summed E-state index contributed by atoms with van der Waals surface area (Å²) in [5.41, 5.74) is 1.57. The smallest absolute Gasteiger partial charge is 0.264 e. The van der Waals surface area contributed by atoms with E-state index in [-0.39, 0.29) is 6.10 Å². The van der Waals surface area contributed by atoms with Crippen LogP contribution in [0.2, 0.25) is 0 Å². The molecule has 0 heterocycles. The highest BCUT2D eigenvalue weighted by atomic mass is 31.2. The van der Waals surface area contributed by atoms with Gasteiger partial charge in [-0.15, -0.1) is 0 Å². The van der Waals surface area contributed by atoms with Crippen LogP contribution in [0.15, 0.2) is 48.5 Å². The number of ether oxygens (including phenoxy) is 1. The first kappa shape index (κ1) is 20.9. The van der Waals surface area contributed by atoms with Crippen LogP contribution in [0.5, 0.6) is 5.75 Å². The van der Waals surface area contributed by atoms with Gasteiger partial charge in [0.05, 0.1) is 13.2 Å². The van der Waals surface area contributed by atoms with Crippen molar-refractivity contribution in [2.45, 2.75) is 44.1 Å². The van der Waals surface area contributed by atoms with Crippen molar-refractivity contribution >= 4 is 18.4 Å². The number of methoxy groups -OCH3 is 1. The van der Waals surface area contributed by atoms with E-state index in [1.807, 2.05) is 43.3 Å². The molecular weight excluding hydrogens is 373 g/mol. The molecule has 1 aliphatic carbocycles. The van der Waals surface area contributed by atoms with Crippen molar-refractivity contribution < 1.29 is 18.9 Å². The highest BCUT2D eigenvalue weighted by molar-refractivity contribution is 7.67. The Kier molecular flexibility index (Phi) is 6.82. The molecule has 6 heteroatoms. The molecule has 0 aliphatic heterocycles. The fraction of sp³-hybridized carbons (Fsp3) is 0.455. The molecule has 0 bridgehead atoms. The van der Waals surface area contributed by atoms with Crippen LogP contribution in [0.1, 0.15) is 43.5 Å². The van der Waals surface area contributed by atoms with Gasteiger partial charge < -0.3 is 19.3 Å². The molecule has 1 aliphatic rings. The van der Waals surface area contributed by atoms with E-state index in [0.717, 1.165) is 31.4 Å². The molecule has 0 saturated heterocycles. The summed E-state index contributed by atoms with van der Waals surface area (Å²) in [6, 6.07) is 14.5. The Balaban J connectivity index is 1.95. The molecule has 3 rings (SSSR count). The Hall–Kier alpha value is -1.81. The average molecular weight is 403 g/mol. The van der Waals surface area contributed by atoms with Crippen LogP contribution >= 0.6 is 7.37 Å². The van der Waals surface area contributed by atoms with Crippen molar-refractivity contribution in [1.29, 1.82) is 0 Å². The molecule has 2 aromatic carbocycles. The lowest BCUT2D eigenvalue weighted by Crippen LogP contribution is -2.22. The van der Waals surface area contributed by atoms with Gasteiger partial charge in [0.1, 0.15) is 5.75 Å². The number of hydrogen-bond acceptors (Lipinski definition) is 5. The highest BCUT2D eigenvalue weighted by Crippen LogP contribution is 2.59. The molecule has 0 radical (unpaired) electrons. The maximum atomic E-state index is 14.1. The standard InChI is InChI=1S/C22H30NO4P/c1-23(2)18-11-15-21(16-12-18)28(25,27-20-7-5-4-6-8-20)22(24)17-9-13-19(26-3)14-10-17/h9-16,20,22,24H,4-8H2,1-3H3/t22-,28-/m0/s1. The quantitative estimate of drug-likeness (QED) is 0.679. The maximum Gasteiger partial charge on any atom is 0.264 e. The molecule has 0 unspecified atom stereocenters. The first-order valence-corrected chi connectivity index (χ1v) is 11.5. The number of aliphatic hydroxyl groups excluding tert-OH is 1. The molecule has 0 spiro atoms. The van der Waals surface area contributed by atoms with Crippen LogP contribution in [-0.2, 0) is 9.09 Å². The Morgan fingerprint density at radius 1 is 1.00 bits per heavy atom. The number of anilines is 1. The number of hydrogen-bond donors (Lipinski definition) is 1.